The molecule has 42 heavy (non-hydrogen) atoms. The van der Waals surface area contributed by atoms with E-state index >= 15 is 0 Å². The summed E-state index contributed by atoms with van der Waals surface area (Å²) in [6, 6.07) is 17.8. The lowest BCUT2D eigenvalue weighted by atomic mass is 9.98. The van der Waals surface area contributed by atoms with Crippen molar-refractivity contribution in [3.8, 4) is 11.1 Å². The number of sulfone groups is 1. The van der Waals surface area contributed by atoms with E-state index in [1.54, 1.807) is 13.2 Å². The Morgan fingerprint density at radius 1 is 0.976 bits per heavy atom. The second kappa shape index (κ2) is 11.6. The minimum atomic E-state index is -4.21. The van der Waals surface area contributed by atoms with Gasteiger partial charge in [0.1, 0.15) is 5.01 Å². The average Bonchev–Trinajstić information content (AvgIpc) is 3.54. The highest BCUT2D eigenvalue weighted by atomic mass is 35.5. The van der Waals surface area contributed by atoms with Crippen LogP contribution in [-0.2, 0) is 42.7 Å². The van der Waals surface area contributed by atoms with Crippen molar-refractivity contribution in [3.05, 3.63) is 98.6 Å². The Kier molecular flexibility index (Phi) is 8.44. The van der Waals surface area contributed by atoms with Crippen LogP contribution < -0.4 is 9.86 Å². The molecule has 0 saturated carbocycles. The molecule has 0 spiro atoms. The zero-order valence-corrected chi connectivity index (χ0v) is 26.0. The molecule has 3 N–H and O–H groups in total. The van der Waals surface area contributed by atoms with E-state index in [0.717, 1.165) is 34.3 Å². The molecule has 1 atom stereocenters. The number of nitrogens with one attached hydrogen (secondary N) is 1. The number of hydrogen-bond donors (Lipinski definition) is 2. The summed E-state index contributed by atoms with van der Waals surface area (Å²) < 4.78 is 62.1. The Hall–Kier alpha value is -2.95. The maximum atomic E-state index is 13.9. The first-order valence-corrected chi connectivity index (χ1v) is 17.1. The molecule has 0 radical (unpaired) electrons. The second-order valence-electron chi connectivity index (χ2n) is 9.31. The molecule has 0 aliphatic heterocycles. The summed E-state index contributed by atoms with van der Waals surface area (Å²) in [6.45, 7) is 0.0302. The molecule has 0 aliphatic rings. The first-order chi connectivity index (χ1) is 19.8. The van der Waals surface area contributed by atoms with E-state index in [1.807, 2.05) is 41.1 Å². The first-order valence-electron chi connectivity index (χ1n) is 12.1. The number of benzene rings is 3. The predicted octanol–water partition coefficient (Wildman–Crippen LogP) is 4.43. The van der Waals surface area contributed by atoms with E-state index in [0.29, 0.717) is 16.8 Å². The van der Waals surface area contributed by atoms with Crippen molar-refractivity contribution in [2.75, 3.05) is 13.4 Å². The van der Waals surface area contributed by atoms with Crippen LogP contribution in [0.15, 0.2) is 65.1 Å². The molecule has 220 valence electrons. The first kappa shape index (κ1) is 30.5. The number of nitrogens with two attached hydrogens (primary N) is 1. The molecule has 5 aromatic rings. The molecule has 5 rings (SSSR count). The smallest absolute Gasteiger partial charge is 0.274 e. The summed E-state index contributed by atoms with van der Waals surface area (Å²) in [5.41, 5.74) is 3.52. The Bertz CT molecular complexity index is 1980. The van der Waals surface area contributed by atoms with Crippen LogP contribution in [-0.4, -0.2) is 45.4 Å². The van der Waals surface area contributed by atoms with Crippen molar-refractivity contribution in [3.63, 3.8) is 0 Å². The van der Waals surface area contributed by atoms with Gasteiger partial charge in [0.25, 0.3) is 10.2 Å². The van der Waals surface area contributed by atoms with E-state index in [1.165, 1.54) is 18.2 Å². The number of hydrogen-bond acceptors (Lipinski definition) is 10. The Morgan fingerprint density at radius 3 is 2.26 bits per heavy atom. The van der Waals surface area contributed by atoms with Gasteiger partial charge < -0.3 is 9.15 Å². The number of halogens is 2. The summed E-state index contributed by atoms with van der Waals surface area (Å²) in [4.78, 5) is 4.71. The summed E-state index contributed by atoms with van der Waals surface area (Å²) >= 11 is 13.8. The number of methoxy groups -OCH3 is 1. The van der Waals surface area contributed by atoms with Gasteiger partial charge in [-0.15, -0.1) is 21.5 Å². The van der Waals surface area contributed by atoms with Gasteiger partial charge in [0, 0.05) is 23.4 Å². The van der Waals surface area contributed by atoms with Crippen LogP contribution in [0.3, 0.4) is 0 Å². The van der Waals surface area contributed by atoms with Crippen LogP contribution in [0.25, 0.3) is 21.3 Å². The third-order valence-electron chi connectivity index (χ3n) is 6.31. The Balaban J connectivity index is 1.71. The number of rotatable bonds is 10. The topological polar surface area (TPSA) is 167 Å². The maximum absolute atomic E-state index is 13.9. The summed E-state index contributed by atoms with van der Waals surface area (Å²) in [5.74, 6) is -0.594. The fourth-order valence-corrected chi connectivity index (χ4v) is 8.31. The van der Waals surface area contributed by atoms with Crippen LogP contribution in [0, 0.1) is 0 Å². The van der Waals surface area contributed by atoms with Gasteiger partial charge in [0.2, 0.25) is 16.5 Å². The predicted molar refractivity (Wildman–Crippen MR) is 161 cm³/mol. The molecule has 1 unspecified atom stereocenters. The van der Waals surface area contributed by atoms with Crippen molar-refractivity contribution in [2.45, 2.75) is 17.9 Å². The van der Waals surface area contributed by atoms with Crippen molar-refractivity contribution in [2.24, 2.45) is 5.14 Å². The second-order valence-corrected chi connectivity index (χ2v) is 14.7. The van der Waals surface area contributed by atoms with Crippen LogP contribution in [0.1, 0.15) is 27.9 Å². The zero-order valence-electron chi connectivity index (χ0n) is 22.0. The van der Waals surface area contributed by atoms with Crippen molar-refractivity contribution in [1.82, 2.24) is 19.9 Å². The van der Waals surface area contributed by atoms with Gasteiger partial charge in [-0.05, 0) is 52.6 Å². The molecular formula is C26H23Cl2N5O6S3. The number of aromatic nitrogens is 3. The Labute approximate surface area is 255 Å². The number of ether oxygens (including phenoxy) is 1. The van der Waals surface area contributed by atoms with Gasteiger partial charge in [-0.2, -0.15) is 13.1 Å². The summed E-state index contributed by atoms with van der Waals surface area (Å²) in [6.07, 6.45) is 1.01. The highest BCUT2D eigenvalue weighted by Crippen LogP contribution is 2.47. The minimum Gasteiger partial charge on any atom is -0.421 e. The molecule has 2 aromatic heterocycles. The van der Waals surface area contributed by atoms with Crippen molar-refractivity contribution in [1.29, 1.82) is 0 Å². The van der Waals surface area contributed by atoms with E-state index in [9.17, 15) is 16.8 Å². The zero-order chi connectivity index (χ0) is 30.3. The van der Waals surface area contributed by atoms with Crippen LogP contribution in [0.2, 0.25) is 10.0 Å². The summed E-state index contributed by atoms with van der Waals surface area (Å²) in [7, 11) is -6.67. The molecule has 11 nitrogen and oxygen atoms in total. The number of thiazole rings is 1. The van der Waals surface area contributed by atoms with Crippen LogP contribution in [0.5, 0.6) is 0 Å². The molecule has 0 fully saturated rings. The SMILES string of the molecule is COCc1ccc(-c2ccc3nc(C(c4cc(Cl)cc(Cl)c4)(c4nnc(CNS(N)(=O)=O)o4)S(C)(=O)=O)sc3c2)cc1. The molecule has 3 aromatic carbocycles. The largest absolute Gasteiger partial charge is 0.421 e. The third kappa shape index (κ3) is 6.07. The fourth-order valence-electron chi connectivity index (χ4n) is 4.47. The van der Waals surface area contributed by atoms with E-state index in [4.69, 9.17) is 42.5 Å². The third-order valence-corrected chi connectivity index (χ3v) is 10.3. The molecule has 0 bridgehead atoms. The molecule has 0 saturated heterocycles. The number of fused-ring (bicyclic) bond motifs is 1. The Morgan fingerprint density at radius 2 is 1.64 bits per heavy atom. The molecule has 0 aliphatic carbocycles. The molecule has 0 amide bonds. The maximum Gasteiger partial charge on any atom is 0.274 e. The van der Waals surface area contributed by atoms with E-state index < -0.39 is 31.3 Å². The van der Waals surface area contributed by atoms with Gasteiger partial charge in [0.15, 0.2) is 9.84 Å². The molecule has 16 heteroatoms. The lowest BCUT2D eigenvalue weighted by Gasteiger charge is -2.27. The lowest BCUT2D eigenvalue weighted by molar-refractivity contribution is 0.185. The fraction of sp³-hybridized carbons (Fsp3) is 0.192. The van der Waals surface area contributed by atoms with Crippen molar-refractivity contribution < 1.29 is 26.0 Å². The van der Waals surface area contributed by atoms with Crippen LogP contribution >= 0.6 is 34.5 Å². The van der Waals surface area contributed by atoms with Gasteiger partial charge in [-0.3, -0.25) is 0 Å². The quantitative estimate of drug-likeness (QED) is 0.219. The van der Waals surface area contributed by atoms with Gasteiger partial charge in [-0.25, -0.2) is 18.5 Å². The van der Waals surface area contributed by atoms with Gasteiger partial charge in [0.05, 0.1) is 23.4 Å². The standard InChI is InChI=1S/C26H23Cl2N5O6S3/c1-38-14-15-3-5-16(6-4-15)17-7-8-21-22(9-17)40-25(31-21)26(41(2,34)35,18-10-19(27)12-20(28)11-18)24-33-32-23(39-24)13-30-42(29,36)37/h3-12,30H,13-14H2,1-2H3,(H2,29,36,37). The minimum absolute atomic E-state index is 0.0977. The average molecular weight is 669 g/mol. The van der Waals surface area contributed by atoms with E-state index in [2.05, 4.69) is 10.2 Å². The van der Waals surface area contributed by atoms with Crippen LogP contribution in [0.4, 0.5) is 0 Å². The highest BCUT2D eigenvalue weighted by Gasteiger charge is 2.54. The normalized spacial score (nSPS) is 13.8. The highest BCUT2D eigenvalue weighted by molar-refractivity contribution is 7.92. The van der Waals surface area contributed by atoms with Gasteiger partial charge in [-0.1, -0.05) is 53.5 Å². The van der Waals surface area contributed by atoms with E-state index in [-0.39, 0.29) is 32.4 Å². The lowest BCUT2D eigenvalue weighted by Crippen LogP contribution is -2.38. The van der Waals surface area contributed by atoms with Gasteiger partial charge >= 0.3 is 0 Å². The monoisotopic (exact) mass is 667 g/mol. The molecule has 2 heterocycles. The molecular weight excluding hydrogens is 645 g/mol. The summed E-state index contributed by atoms with van der Waals surface area (Å²) in [5, 5.41) is 13.3. The number of nitrogens with zero attached hydrogens (tertiary/aromatic N) is 3. The van der Waals surface area contributed by atoms with Crippen molar-refractivity contribution >= 4 is 64.8 Å².